The molecule has 0 saturated carbocycles. The van der Waals surface area contributed by atoms with Crippen LogP contribution < -0.4 is 0 Å². The molecule has 0 aromatic rings. The van der Waals surface area contributed by atoms with Gasteiger partial charge in [-0.15, -0.1) is 0 Å². The zero-order valence-corrected chi connectivity index (χ0v) is 16.5. The molecule has 3 nitrogen and oxygen atoms in total. The molecule has 1 amide bonds. The van der Waals surface area contributed by atoms with E-state index in [9.17, 15) is 75.0 Å². The third-order valence-corrected chi connectivity index (χ3v) is 5.04. The summed E-state index contributed by atoms with van der Waals surface area (Å²) in [5.74, 6) is -59.1. The maximum atomic E-state index is 14.0. The van der Waals surface area contributed by atoms with Crippen LogP contribution in [0.4, 0.5) is 70.2 Å². The molecule has 0 N–H and O–H groups in total. The van der Waals surface area contributed by atoms with Gasteiger partial charge in [-0.25, -0.2) is 8.78 Å². The molecule has 1 aliphatic heterocycles. The van der Waals surface area contributed by atoms with Gasteiger partial charge in [-0.3, -0.25) is 4.79 Å². The van der Waals surface area contributed by atoms with Crippen molar-refractivity contribution >= 4 is 5.91 Å². The van der Waals surface area contributed by atoms with Gasteiger partial charge in [-0.05, 0) is 6.54 Å². The average Bonchev–Trinajstić information content (AvgIpc) is 2.72. The fourth-order valence-electron chi connectivity index (χ4n) is 2.74. The molecule has 34 heavy (non-hydrogen) atoms. The zero-order chi connectivity index (χ0) is 27.3. The van der Waals surface area contributed by atoms with Crippen LogP contribution in [0.15, 0.2) is 0 Å². The third kappa shape index (κ3) is 4.04. The van der Waals surface area contributed by atoms with E-state index in [0.29, 0.717) is 0 Å². The Morgan fingerprint density at radius 1 is 0.647 bits per heavy atom. The van der Waals surface area contributed by atoms with Crippen LogP contribution in [0.3, 0.4) is 0 Å². The Balaban J connectivity index is 3.47. The first-order valence-corrected chi connectivity index (χ1v) is 8.84. The fourth-order valence-corrected chi connectivity index (χ4v) is 2.74. The molecule has 1 fully saturated rings. The molecule has 1 heterocycles. The van der Waals surface area contributed by atoms with Crippen LogP contribution in [0.2, 0.25) is 0 Å². The van der Waals surface area contributed by atoms with E-state index in [1.165, 1.54) is 11.8 Å². The normalized spacial score (nSPS) is 18.6. The molecule has 1 rings (SSSR count). The molecule has 0 aromatic carbocycles. The van der Waals surface area contributed by atoms with Crippen molar-refractivity contribution in [2.45, 2.75) is 54.8 Å². The number of amides is 1. The van der Waals surface area contributed by atoms with Crippen molar-refractivity contribution in [3.05, 3.63) is 0 Å². The van der Waals surface area contributed by atoms with Crippen LogP contribution in [-0.4, -0.2) is 96.3 Å². The van der Waals surface area contributed by atoms with Crippen molar-refractivity contribution in [1.82, 2.24) is 9.80 Å². The number of hydrogen-bond donors (Lipinski definition) is 0. The molecule has 1 aliphatic rings. The van der Waals surface area contributed by atoms with Gasteiger partial charge in [-0.2, -0.15) is 61.5 Å². The van der Waals surface area contributed by atoms with Crippen LogP contribution in [0.5, 0.6) is 0 Å². The summed E-state index contributed by atoms with van der Waals surface area (Å²) >= 11 is 0. The van der Waals surface area contributed by atoms with Gasteiger partial charge in [0.25, 0.3) is 5.91 Å². The van der Waals surface area contributed by atoms with Gasteiger partial charge >= 0.3 is 47.9 Å². The molecule has 0 aliphatic carbocycles. The second-order valence-electron chi connectivity index (χ2n) is 7.10. The summed E-state index contributed by atoms with van der Waals surface area (Å²) in [7, 11) is 0. The van der Waals surface area contributed by atoms with Gasteiger partial charge in [0, 0.05) is 26.2 Å². The van der Waals surface area contributed by atoms with E-state index in [1.807, 2.05) is 0 Å². The van der Waals surface area contributed by atoms with Crippen LogP contribution in [-0.2, 0) is 4.79 Å². The van der Waals surface area contributed by atoms with E-state index >= 15 is 0 Å². The van der Waals surface area contributed by atoms with Crippen molar-refractivity contribution in [2.24, 2.45) is 0 Å². The van der Waals surface area contributed by atoms with Crippen LogP contribution in [0.1, 0.15) is 6.92 Å². The van der Waals surface area contributed by atoms with E-state index in [4.69, 9.17) is 0 Å². The van der Waals surface area contributed by atoms with Gasteiger partial charge in [-0.1, -0.05) is 6.92 Å². The maximum Gasteiger partial charge on any atom is 0.392 e. The van der Waals surface area contributed by atoms with Gasteiger partial charge in [0.05, 0.1) is 0 Å². The first kappa shape index (κ1) is 30.3. The van der Waals surface area contributed by atoms with Crippen molar-refractivity contribution < 1.29 is 75.0 Å². The second-order valence-corrected chi connectivity index (χ2v) is 7.10. The number of carbonyl (C=O) groups is 1. The topological polar surface area (TPSA) is 23.6 Å². The highest BCUT2D eigenvalue weighted by atomic mass is 19.4. The Hall–Kier alpha value is -1.69. The summed E-state index contributed by atoms with van der Waals surface area (Å²) < 4.78 is 213. The average molecular weight is 542 g/mol. The SMILES string of the molecule is CCN1CCN(C(=O)C(F)(F)C(F)(F)C(F)(F)C(F)(F)C(F)(F)C(F)(F)C(F)(F)C(F)F)CC1. The molecule has 0 aromatic heterocycles. The highest BCUT2D eigenvalue weighted by Crippen LogP contribution is 2.62. The summed E-state index contributed by atoms with van der Waals surface area (Å²) in [6.45, 7) is -0.543. The Labute approximate surface area is 179 Å². The Kier molecular flexibility index (Phi) is 7.82. The lowest BCUT2D eigenvalue weighted by molar-refractivity contribution is -0.444. The summed E-state index contributed by atoms with van der Waals surface area (Å²) in [6, 6.07) is 0. The van der Waals surface area contributed by atoms with Gasteiger partial charge in [0.1, 0.15) is 0 Å². The van der Waals surface area contributed by atoms with Gasteiger partial charge in [0.15, 0.2) is 0 Å². The number of nitrogens with zero attached hydrogens (tertiary/aromatic N) is 2. The van der Waals surface area contributed by atoms with E-state index in [-0.39, 0.29) is 24.5 Å². The molecule has 0 spiro atoms. The van der Waals surface area contributed by atoms with Crippen molar-refractivity contribution in [2.75, 3.05) is 32.7 Å². The van der Waals surface area contributed by atoms with E-state index in [1.54, 1.807) is 0 Å². The largest absolute Gasteiger partial charge is 0.392 e. The number of alkyl halides is 16. The monoisotopic (exact) mass is 542 g/mol. The van der Waals surface area contributed by atoms with Crippen molar-refractivity contribution in [3.63, 3.8) is 0 Å². The zero-order valence-electron chi connectivity index (χ0n) is 16.5. The molecular weight excluding hydrogens is 528 g/mol. The minimum atomic E-state index is -8.50. The molecule has 0 bridgehead atoms. The van der Waals surface area contributed by atoms with Crippen LogP contribution >= 0.6 is 0 Å². The number of carbonyl (C=O) groups excluding carboxylic acids is 1. The van der Waals surface area contributed by atoms with E-state index in [0.717, 1.165) is 0 Å². The Morgan fingerprint density at radius 2 is 1.00 bits per heavy atom. The quantitative estimate of drug-likeness (QED) is 0.389. The van der Waals surface area contributed by atoms with Gasteiger partial charge in [0.2, 0.25) is 0 Å². The predicted molar refractivity (Wildman–Crippen MR) is 79.3 cm³/mol. The molecule has 0 unspecified atom stereocenters. The molecular formula is C15H14F16N2O. The highest BCUT2D eigenvalue weighted by Gasteiger charge is 2.94. The molecule has 202 valence electrons. The summed E-state index contributed by atoms with van der Waals surface area (Å²) in [4.78, 5) is 12.9. The summed E-state index contributed by atoms with van der Waals surface area (Å²) in [5.41, 5.74) is 0. The van der Waals surface area contributed by atoms with Crippen molar-refractivity contribution in [3.8, 4) is 0 Å². The lowest BCUT2D eigenvalue weighted by atomic mass is 9.89. The van der Waals surface area contributed by atoms with E-state index < -0.39 is 66.9 Å². The number of halogens is 16. The Bertz CT molecular complexity index is 745. The first-order valence-electron chi connectivity index (χ1n) is 8.84. The van der Waals surface area contributed by atoms with Crippen LogP contribution in [0.25, 0.3) is 0 Å². The number of likely N-dealkylation sites (N-methyl/N-ethyl adjacent to an activating group) is 1. The Morgan fingerprint density at radius 3 is 1.35 bits per heavy atom. The summed E-state index contributed by atoms with van der Waals surface area (Å²) in [5, 5.41) is 0. The minimum Gasteiger partial charge on any atom is -0.335 e. The molecule has 19 heteroatoms. The van der Waals surface area contributed by atoms with Gasteiger partial charge < -0.3 is 9.80 Å². The second kappa shape index (κ2) is 8.76. The fraction of sp³-hybridized carbons (Fsp3) is 0.933. The minimum absolute atomic E-state index is 0.230. The maximum absolute atomic E-state index is 14.0. The number of hydrogen-bond acceptors (Lipinski definition) is 2. The lowest BCUT2D eigenvalue weighted by Gasteiger charge is -2.43. The molecule has 0 radical (unpaired) electrons. The van der Waals surface area contributed by atoms with Crippen molar-refractivity contribution in [1.29, 1.82) is 0 Å². The lowest BCUT2D eigenvalue weighted by Crippen LogP contribution is -2.75. The van der Waals surface area contributed by atoms with E-state index in [2.05, 4.69) is 0 Å². The number of piperazine rings is 1. The standard InChI is InChI=1S/C15H14F16N2O/c1-2-32-3-5-33(6-4-32)8(34)10(20,21)12(24,25)14(28,29)15(30,31)13(26,27)11(22,23)9(18,19)7(16)17/h7H,2-6H2,1H3. The smallest absolute Gasteiger partial charge is 0.335 e. The molecule has 0 atom stereocenters. The summed E-state index contributed by atoms with van der Waals surface area (Å²) in [6.07, 6.45) is -5.90. The number of rotatable bonds is 9. The van der Waals surface area contributed by atoms with Crippen LogP contribution in [0, 0.1) is 0 Å². The molecule has 1 saturated heterocycles. The highest BCUT2D eigenvalue weighted by molar-refractivity contribution is 5.85. The third-order valence-electron chi connectivity index (χ3n) is 5.04. The predicted octanol–water partition coefficient (Wildman–Crippen LogP) is 4.86. The first-order chi connectivity index (χ1) is 14.9.